The maximum Gasteiger partial charge on any atom is 0.322 e. The fourth-order valence-corrected chi connectivity index (χ4v) is 2.63. The predicted molar refractivity (Wildman–Crippen MR) is 93.9 cm³/mol. The largest absolute Gasteiger partial charge is 0.356 e. The molecule has 4 amide bonds. The molecule has 2 heterocycles. The molecule has 0 saturated carbocycles. The Hall–Kier alpha value is -3.29. The van der Waals surface area contributed by atoms with Gasteiger partial charge in [-0.15, -0.1) is 0 Å². The van der Waals surface area contributed by atoms with Gasteiger partial charge >= 0.3 is 6.03 Å². The summed E-state index contributed by atoms with van der Waals surface area (Å²) >= 11 is 0. The van der Waals surface area contributed by atoms with Gasteiger partial charge in [0, 0.05) is 31.1 Å². The van der Waals surface area contributed by atoms with E-state index in [-0.39, 0.29) is 18.7 Å². The zero-order valence-corrected chi connectivity index (χ0v) is 14.1. The normalized spacial score (nSPS) is 16.1. The van der Waals surface area contributed by atoms with Gasteiger partial charge in [-0.1, -0.05) is 30.3 Å². The van der Waals surface area contributed by atoms with Gasteiger partial charge in [0.05, 0.1) is 5.69 Å². The molecule has 1 atom stereocenters. The van der Waals surface area contributed by atoms with Crippen LogP contribution >= 0.6 is 0 Å². The van der Waals surface area contributed by atoms with Crippen LogP contribution in [0.4, 0.5) is 4.79 Å². The second-order valence-electron chi connectivity index (χ2n) is 5.88. The lowest BCUT2D eigenvalue weighted by molar-refractivity contribution is -0.122. The van der Waals surface area contributed by atoms with E-state index >= 15 is 0 Å². The number of imide groups is 1. The first-order valence-corrected chi connectivity index (χ1v) is 8.37. The molecule has 1 aromatic carbocycles. The Kier molecular flexibility index (Phi) is 5.52. The summed E-state index contributed by atoms with van der Waals surface area (Å²) in [5, 5.41) is 7.38. The molecule has 3 N–H and O–H groups in total. The van der Waals surface area contributed by atoms with Crippen LogP contribution in [-0.2, 0) is 16.0 Å². The Morgan fingerprint density at radius 1 is 1.15 bits per heavy atom. The van der Waals surface area contributed by atoms with Crippen molar-refractivity contribution in [1.29, 1.82) is 0 Å². The molecule has 1 saturated heterocycles. The van der Waals surface area contributed by atoms with Crippen LogP contribution in [0.15, 0.2) is 42.6 Å². The molecule has 1 aliphatic heterocycles. The molecule has 1 unspecified atom stereocenters. The molecule has 3 rings (SSSR count). The lowest BCUT2D eigenvalue weighted by Crippen LogP contribution is -2.32. The lowest BCUT2D eigenvalue weighted by atomic mass is 10.1. The van der Waals surface area contributed by atoms with Crippen LogP contribution in [-0.4, -0.2) is 40.4 Å². The van der Waals surface area contributed by atoms with Crippen molar-refractivity contribution in [1.82, 2.24) is 25.9 Å². The van der Waals surface area contributed by atoms with Crippen molar-refractivity contribution in [3.63, 3.8) is 0 Å². The van der Waals surface area contributed by atoms with E-state index in [4.69, 9.17) is 0 Å². The van der Waals surface area contributed by atoms with Crippen molar-refractivity contribution in [2.24, 2.45) is 0 Å². The van der Waals surface area contributed by atoms with Crippen LogP contribution in [0.2, 0.25) is 0 Å². The van der Waals surface area contributed by atoms with E-state index in [9.17, 15) is 14.4 Å². The van der Waals surface area contributed by atoms with E-state index in [1.165, 1.54) is 0 Å². The first-order valence-electron chi connectivity index (χ1n) is 8.37. The van der Waals surface area contributed by atoms with Crippen LogP contribution in [0.5, 0.6) is 0 Å². The third-order valence-electron chi connectivity index (χ3n) is 3.96. The van der Waals surface area contributed by atoms with E-state index < -0.39 is 18.0 Å². The van der Waals surface area contributed by atoms with Gasteiger partial charge in [0.2, 0.25) is 5.91 Å². The zero-order chi connectivity index (χ0) is 18.4. The summed E-state index contributed by atoms with van der Waals surface area (Å²) in [7, 11) is 0. The molecule has 1 aliphatic rings. The van der Waals surface area contributed by atoms with Crippen molar-refractivity contribution in [2.75, 3.05) is 6.54 Å². The Labute approximate surface area is 150 Å². The average Bonchev–Trinajstić information content (AvgIpc) is 2.98. The van der Waals surface area contributed by atoms with Crippen LogP contribution in [0.3, 0.4) is 0 Å². The predicted octanol–water partition coefficient (Wildman–Crippen LogP) is 0.791. The van der Waals surface area contributed by atoms with Gasteiger partial charge in [0.25, 0.3) is 5.91 Å². The van der Waals surface area contributed by atoms with Gasteiger partial charge < -0.3 is 10.6 Å². The van der Waals surface area contributed by atoms with Crippen LogP contribution in [0.25, 0.3) is 11.3 Å². The number of aromatic nitrogens is 2. The maximum atomic E-state index is 11.9. The molecule has 8 nitrogen and oxygen atoms in total. The summed E-state index contributed by atoms with van der Waals surface area (Å²) in [6.07, 6.45) is 2.63. The second-order valence-corrected chi connectivity index (χ2v) is 5.88. The summed E-state index contributed by atoms with van der Waals surface area (Å²) in [5.41, 5.74) is 1.85. The highest BCUT2D eigenvalue weighted by molar-refractivity contribution is 6.04. The molecule has 0 bridgehead atoms. The second kappa shape index (κ2) is 8.19. The van der Waals surface area contributed by atoms with Gasteiger partial charge in [-0.05, 0) is 12.5 Å². The van der Waals surface area contributed by atoms with Crippen molar-refractivity contribution in [2.45, 2.75) is 25.3 Å². The summed E-state index contributed by atoms with van der Waals surface area (Å²) in [6, 6.07) is 10.5. The standard InChI is InChI=1S/C18H19N5O3/c24-16(7-6-14-17(25)23-18(26)22-14)20-11-9-15-19-10-8-13(21-15)12-4-2-1-3-5-12/h1-5,8,10,14H,6-7,9,11H2,(H,20,24)(H2,22,23,25,26). The fourth-order valence-electron chi connectivity index (χ4n) is 2.63. The summed E-state index contributed by atoms with van der Waals surface area (Å²) in [5.74, 6) is 0.0705. The molecule has 134 valence electrons. The lowest BCUT2D eigenvalue weighted by Gasteiger charge is -2.08. The Balaban J connectivity index is 1.44. The van der Waals surface area contributed by atoms with Gasteiger partial charge in [-0.2, -0.15) is 0 Å². The molecule has 0 radical (unpaired) electrons. The number of nitrogens with zero attached hydrogens (tertiary/aromatic N) is 2. The van der Waals surface area contributed by atoms with E-state index in [1.54, 1.807) is 6.20 Å². The molecule has 1 aromatic heterocycles. The highest BCUT2D eigenvalue weighted by Crippen LogP contribution is 2.15. The van der Waals surface area contributed by atoms with Crippen LogP contribution < -0.4 is 16.0 Å². The molecular weight excluding hydrogens is 334 g/mol. The monoisotopic (exact) mass is 353 g/mol. The SMILES string of the molecule is O=C(CCC1NC(=O)NC1=O)NCCc1nccc(-c2ccccc2)n1. The first kappa shape index (κ1) is 17.5. The minimum Gasteiger partial charge on any atom is -0.356 e. The van der Waals surface area contributed by atoms with Gasteiger partial charge in [-0.25, -0.2) is 14.8 Å². The number of nitrogens with one attached hydrogen (secondary N) is 3. The fraction of sp³-hybridized carbons (Fsp3) is 0.278. The van der Waals surface area contributed by atoms with Crippen molar-refractivity contribution in [3.05, 3.63) is 48.4 Å². The van der Waals surface area contributed by atoms with Gasteiger partial charge in [0.1, 0.15) is 11.9 Å². The number of benzene rings is 1. The van der Waals surface area contributed by atoms with Gasteiger partial charge in [0.15, 0.2) is 0 Å². The first-order chi connectivity index (χ1) is 12.6. The van der Waals surface area contributed by atoms with Crippen LogP contribution in [0, 0.1) is 0 Å². The van der Waals surface area contributed by atoms with Crippen molar-refractivity contribution >= 4 is 17.8 Å². The smallest absolute Gasteiger partial charge is 0.322 e. The summed E-state index contributed by atoms with van der Waals surface area (Å²) < 4.78 is 0. The topological polar surface area (TPSA) is 113 Å². The number of carbonyl (C=O) groups is 3. The number of hydrogen-bond acceptors (Lipinski definition) is 5. The molecule has 8 heteroatoms. The maximum absolute atomic E-state index is 11.9. The number of urea groups is 1. The Bertz CT molecular complexity index is 809. The van der Waals surface area contributed by atoms with E-state index in [1.807, 2.05) is 36.4 Å². The minimum absolute atomic E-state index is 0.156. The third-order valence-corrected chi connectivity index (χ3v) is 3.96. The van der Waals surface area contributed by atoms with Crippen LogP contribution in [0.1, 0.15) is 18.7 Å². The molecule has 0 spiro atoms. The minimum atomic E-state index is -0.640. The Morgan fingerprint density at radius 3 is 2.69 bits per heavy atom. The van der Waals surface area contributed by atoms with E-state index in [2.05, 4.69) is 25.9 Å². The molecular formula is C18H19N5O3. The molecule has 26 heavy (non-hydrogen) atoms. The number of amides is 4. The highest BCUT2D eigenvalue weighted by Gasteiger charge is 2.29. The Morgan fingerprint density at radius 2 is 1.96 bits per heavy atom. The third kappa shape index (κ3) is 4.62. The highest BCUT2D eigenvalue weighted by atomic mass is 16.2. The molecule has 2 aromatic rings. The number of carbonyl (C=O) groups excluding carboxylic acids is 3. The van der Waals surface area contributed by atoms with Gasteiger partial charge in [-0.3, -0.25) is 14.9 Å². The quantitative estimate of drug-likeness (QED) is 0.637. The number of hydrogen-bond donors (Lipinski definition) is 3. The van der Waals surface area contributed by atoms with E-state index in [0.29, 0.717) is 18.8 Å². The average molecular weight is 353 g/mol. The number of rotatable bonds is 7. The zero-order valence-electron chi connectivity index (χ0n) is 14.1. The van der Waals surface area contributed by atoms with E-state index in [0.717, 1.165) is 11.3 Å². The molecule has 0 aliphatic carbocycles. The molecule has 1 fully saturated rings. The summed E-state index contributed by atoms with van der Waals surface area (Å²) in [6.45, 7) is 0.403. The van der Waals surface area contributed by atoms with Crippen molar-refractivity contribution < 1.29 is 14.4 Å². The van der Waals surface area contributed by atoms with Crippen molar-refractivity contribution in [3.8, 4) is 11.3 Å². The summed E-state index contributed by atoms with van der Waals surface area (Å²) in [4.78, 5) is 43.0.